The maximum atomic E-state index is 12.2. The van der Waals surface area contributed by atoms with Gasteiger partial charge in [0.05, 0.1) is 16.0 Å². The van der Waals surface area contributed by atoms with Gasteiger partial charge >= 0.3 is 0 Å². The fourth-order valence-electron chi connectivity index (χ4n) is 1.83. The van der Waals surface area contributed by atoms with Gasteiger partial charge in [-0.15, -0.1) is 11.8 Å². The molecule has 0 spiro atoms. The minimum atomic E-state index is -0.190. The fraction of sp³-hybridized carbons (Fsp3) is 0.235. The molecule has 0 bridgehead atoms. The number of hydrogen-bond acceptors (Lipinski definition) is 2. The predicted octanol–water partition coefficient (Wildman–Crippen LogP) is 5.08. The van der Waals surface area contributed by atoms with E-state index in [0.29, 0.717) is 10.7 Å². The Kier molecular flexibility index (Phi) is 5.32. The first-order valence-corrected chi connectivity index (χ1v) is 8.02. The van der Waals surface area contributed by atoms with Crippen molar-refractivity contribution in [3.05, 3.63) is 58.6 Å². The van der Waals surface area contributed by atoms with Gasteiger partial charge < -0.3 is 5.32 Å². The van der Waals surface area contributed by atoms with Gasteiger partial charge in [0, 0.05) is 4.90 Å². The van der Waals surface area contributed by atoms with Gasteiger partial charge in [-0.05, 0) is 50.6 Å². The minimum Gasteiger partial charge on any atom is -0.324 e. The largest absolute Gasteiger partial charge is 0.324 e. The Morgan fingerprint density at radius 1 is 1.10 bits per heavy atom. The van der Waals surface area contributed by atoms with Crippen molar-refractivity contribution in [2.24, 2.45) is 0 Å². The SMILES string of the molecule is Cc1ccc(S[C@@H](C)C(=O)Nc2ccc(C)cc2Cl)cc1. The second-order valence-electron chi connectivity index (χ2n) is 5.05. The van der Waals surface area contributed by atoms with Crippen molar-refractivity contribution in [2.75, 3.05) is 5.32 Å². The molecule has 1 atom stereocenters. The lowest BCUT2D eigenvalue weighted by Crippen LogP contribution is -2.22. The van der Waals surface area contributed by atoms with Gasteiger partial charge in [0.25, 0.3) is 0 Å². The number of amides is 1. The van der Waals surface area contributed by atoms with Crippen LogP contribution in [0.3, 0.4) is 0 Å². The van der Waals surface area contributed by atoms with Crippen molar-refractivity contribution in [2.45, 2.75) is 30.9 Å². The highest BCUT2D eigenvalue weighted by Crippen LogP contribution is 2.27. The van der Waals surface area contributed by atoms with E-state index in [4.69, 9.17) is 11.6 Å². The number of aryl methyl sites for hydroxylation is 2. The Morgan fingerprint density at radius 2 is 1.71 bits per heavy atom. The number of thioether (sulfide) groups is 1. The van der Waals surface area contributed by atoms with Gasteiger partial charge in [0.1, 0.15) is 0 Å². The summed E-state index contributed by atoms with van der Waals surface area (Å²) in [6, 6.07) is 13.8. The zero-order valence-electron chi connectivity index (χ0n) is 12.3. The second-order valence-corrected chi connectivity index (χ2v) is 6.87. The third-order valence-electron chi connectivity index (χ3n) is 3.09. The van der Waals surface area contributed by atoms with Crippen LogP contribution in [0.5, 0.6) is 0 Å². The monoisotopic (exact) mass is 319 g/mol. The number of carbonyl (C=O) groups is 1. The number of carbonyl (C=O) groups excluding carboxylic acids is 1. The summed E-state index contributed by atoms with van der Waals surface area (Å²) in [5.41, 5.74) is 2.94. The maximum Gasteiger partial charge on any atom is 0.237 e. The van der Waals surface area contributed by atoms with E-state index in [1.807, 2.05) is 63.2 Å². The van der Waals surface area contributed by atoms with Crippen molar-refractivity contribution >= 4 is 35.0 Å². The summed E-state index contributed by atoms with van der Waals surface area (Å²) in [4.78, 5) is 13.3. The zero-order valence-corrected chi connectivity index (χ0v) is 13.9. The van der Waals surface area contributed by atoms with E-state index < -0.39 is 0 Å². The van der Waals surface area contributed by atoms with Crippen molar-refractivity contribution in [1.82, 2.24) is 0 Å². The van der Waals surface area contributed by atoms with Crippen molar-refractivity contribution in [3.63, 3.8) is 0 Å². The molecule has 2 aromatic carbocycles. The first-order chi connectivity index (χ1) is 9.95. The highest BCUT2D eigenvalue weighted by molar-refractivity contribution is 8.00. The molecular weight excluding hydrogens is 302 g/mol. The number of benzene rings is 2. The molecule has 0 saturated carbocycles. The molecule has 0 heterocycles. The summed E-state index contributed by atoms with van der Waals surface area (Å²) < 4.78 is 0. The molecule has 2 rings (SSSR count). The quantitative estimate of drug-likeness (QED) is 0.796. The van der Waals surface area contributed by atoms with Crippen LogP contribution in [-0.2, 0) is 4.79 Å². The van der Waals surface area contributed by atoms with Crippen LogP contribution in [0.4, 0.5) is 5.69 Å². The van der Waals surface area contributed by atoms with Gasteiger partial charge in [-0.3, -0.25) is 4.79 Å². The van der Waals surface area contributed by atoms with Crippen LogP contribution in [0.25, 0.3) is 0 Å². The van der Waals surface area contributed by atoms with Crippen LogP contribution in [0.1, 0.15) is 18.1 Å². The first kappa shape index (κ1) is 15.9. The fourth-order valence-corrected chi connectivity index (χ4v) is 2.98. The smallest absolute Gasteiger partial charge is 0.237 e. The van der Waals surface area contributed by atoms with Crippen molar-refractivity contribution in [3.8, 4) is 0 Å². The number of hydrogen-bond donors (Lipinski definition) is 1. The average molecular weight is 320 g/mol. The maximum absolute atomic E-state index is 12.2. The molecule has 2 aromatic rings. The lowest BCUT2D eigenvalue weighted by Gasteiger charge is -2.13. The van der Waals surface area contributed by atoms with Crippen molar-refractivity contribution < 1.29 is 4.79 Å². The van der Waals surface area contributed by atoms with Gasteiger partial charge in [0.15, 0.2) is 0 Å². The molecule has 0 unspecified atom stereocenters. The highest BCUT2D eigenvalue weighted by Gasteiger charge is 2.15. The Labute approximate surface area is 134 Å². The third-order valence-corrected chi connectivity index (χ3v) is 4.51. The Hall–Kier alpha value is -1.45. The molecule has 0 aromatic heterocycles. The number of nitrogens with one attached hydrogen (secondary N) is 1. The summed E-state index contributed by atoms with van der Waals surface area (Å²) in [7, 11) is 0. The normalized spacial score (nSPS) is 12.0. The van der Waals surface area contributed by atoms with E-state index >= 15 is 0 Å². The van der Waals surface area contributed by atoms with Crippen LogP contribution in [0.15, 0.2) is 47.4 Å². The standard InChI is InChI=1S/C17H18ClNOS/c1-11-4-7-14(8-5-11)21-13(3)17(20)19-16-9-6-12(2)10-15(16)18/h4-10,13H,1-3H3,(H,19,20)/t13-/m0/s1. The van der Waals surface area contributed by atoms with Crippen LogP contribution in [0.2, 0.25) is 5.02 Å². The van der Waals surface area contributed by atoms with E-state index in [0.717, 1.165) is 10.5 Å². The molecule has 1 N–H and O–H groups in total. The van der Waals surface area contributed by atoms with Crippen LogP contribution >= 0.6 is 23.4 Å². The van der Waals surface area contributed by atoms with E-state index in [1.165, 1.54) is 17.3 Å². The molecule has 0 aliphatic carbocycles. The van der Waals surface area contributed by atoms with Gasteiger partial charge in [-0.2, -0.15) is 0 Å². The average Bonchev–Trinajstić information content (AvgIpc) is 2.44. The van der Waals surface area contributed by atoms with Gasteiger partial charge in [0.2, 0.25) is 5.91 Å². The third kappa shape index (κ3) is 4.51. The molecule has 0 aliphatic heterocycles. The summed E-state index contributed by atoms with van der Waals surface area (Å²) >= 11 is 7.67. The Bertz CT molecular complexity index is 640. The predicted molar refractivity (Wildman–Crippen MR) is 91.3 cm³/mol. The molecule has 4 heteroatoms. The minimum absolute atomic E-state index is 0.0497. The number of halogens is 1. The first-order valence-electron chi connectivity index (χ1n) is 6.76. The van der Waals surface area contributed by atoms with E-state index in [1.54, 1.807) is 0 Å². The summed E-state index contributed by atoms with van der Waals surface area (Å²) in [6.07, 6.45) is 0. The Morgan fingerprint density at radius 3 is 2.33 bits per heavy atom. The van der Waals surface area contributed by atoms with Crippen LogP contribution < -0.4 is 5.32 Å². The topological polar surface area (TPSA) is 29.1 Å². The Balaban J connectivity index is 2.00. The lowest BCUT2D eigenvalue weighted by atomic mass is 10.2. The summed E-state index contributed by atoms with van der Waals surface area (Å²) in [6.45, 7) is 5.90. The molecule has 0 radical (unpaired) electrons. The molecule has 0 fully saturated rings. The molecule has 110 valence electrons. The van der Waals surface area contributed by atoms with E-state index in [9.17, 15) is 4.79 Å². The summed E-state index contributed by atoms with van der Waals surface area (Å²) in [5.74, 6) is -0.0497. The highest BCUT2D eigenvalue weighted by atomic mass is 35.5. The summed E-state index contributed by atoms with van der Waals surface area (Å²) in [5, 5.41) is 3.25. The van der Waals surface area contributed by atoms with Crippen LogP contribution in [-0.4, -0.2) is 11.2 Å². The molecule has 21 heavy (non-hydrogen) atoms. The molecule has 0 saturated heterocycles. The van der Waals surface area contributed by atoms with Gasteiger partial charge in [-0.25, -0.2) is 0 Å². The molecule has 1 amide bonds. The van der Waals surface area contributed by atoms with Crippen molar-refractivity contribution in [1.29, 1.82) is 0 Å². The zero-order chi connectivity index (χ0) is 15.4. The number of anilines is 1. The number of rotatable bonds is 4. The van der Waals surface area contributed by atoms with E-state index in [2.05, 4.69) is 5.32 Å². The van der Waals surface area contributed by atoms with E-state index in [-0.39, 0.29) is 11.2 Å². The molecule has 2 nitrogen and oxygen atoms in total. The molecule has 0 aliphatic rings. The molecular formula is C17H18ClNOS. The van der Waals surface area contributed by atoms with Gasteiger partial charge in [-0.1, -0.05) is 35.4 Å². The lowest BCUT2D eigenvalue weighted by molar-refractivity contribution is -0.115. The second kappa shape index (κ2) is 7.01. The van der Waals surface area contributed by atoms with Crippen LogP contribution in [0, 0.1) is 13.8 Å².